The molecule has 0 bridgehead atoms. The SMILES string of the molecule is FC(F)(F)C1CCC(Nc2cccnc2)CC1. The highest BCUT2D eigenvalue weighted by Gasteiger charge is 2.41. The molecule has 0 saturated heterocycles. The summed E-state index contributed by atoms with van der Waals surface area (Å²) in [5, 5.41) is 3.22. The summed E-state index contributed by atoms with van der Waals surface area (Å²) in [4.78, 5) is 3.96. The second kappa shape index (κ2) is 4.94. The molecule has 0 amide bonds. The molecule has 1 aromatic heterocycles. The van der Waals surface area contributed by atoms with Crippen molar-refractivity contribution in [2.24, 2.45) is 5.92 Å². The number of halogens is 3. The highest BCUT2D eigenvalue weighted by atomic mass is 19.4. The highest BCUT2D eigenvalue weighted by Crippen LogP contribution is 2.38. The lowest BCUT2D eigenvalue weighted by Gasteiger charge is -2.30. The van der Waals surface area contributed by atoms with Crippen LogP contribution in [0.25, 0.3) is 0 Å². The minimum atomic E-state index is -4.03. The first-order chi connectivity index (χ1) is 8.05. The van der Waals surface area contributed by atoms with E-state index in [1.165, 1.54) is 0 Å². The molecule has 1 heterocycles. The predicted octanol–water partition coefficient (Wildman–Crippen LogP) is 3.61. The van der Waals surface area contributed by atoms with Crippen molar-refractivity contribution in [1.29, 1.82) is 0 Å². The van der Waals surface area contributed by atoms with Crippen LogP contribution in [0.3, 0.4) is 0 Å². The Morgan fingerprint density at radius 3 is 2.41 bits per heavy atom. The zero-order valence-electron chi connectivity index (χ0n) is 9.37. The van der Waals surface area contributed by atoms with E-state index in [1.807, 2.05) is 12.1 Å². The largest absolute Gasteiger partial charge is 0.391 e. The Hall–Kier alpha value is -1.26. The normalized spacial score (nSPS) is 25.6. The van der Waals surface area contributed by atoms with Gasteiger partial charge in [-0.2, -0.15) is 13.2 Å². The minimum absolute atomic E-state index is 0.137. The van der Waals surface area contributed by atoms with Gasteiger partial charge in [-0.05, 0) is 37.8 Å². The van der Waals surface area contributed by atoms with E-state index in [-0.39, 0.29) is 18.9 Å². The van der Waals surface area contributed by atoms with Gasteiger partial charge in [0.05, 0.1) is 11.6 Å². The molecule has 2 rings (SSSR count). The molecule has 1 saturated carbocycles. The number of hydrogen-bond acceptors (Lipinski definition) is 2. The number of alkyl halides is 3. The molecule has 1 N–H and O–H groups in total. The van der Waals surface area contributed by atoms with Gasteiger partial charge in [-0.3, -0.25) is 4.98 Å². The third kappa shape index (κ3) is 3.35. The fourth-order valence-corrected chi connectivity index (χ4v) is 2.25. The maximum Gasteiger partial charge on any atom is 0.391 e. The lowest BCUT2D eigenvalue weighted by molar-refractivity contribution is -0.182. The average Bonchev–Trinajstić information content (AvgIpc) is 2.30. The second-order valence-corrected chi connectivity index (χ2v) is 4.48. The van der Waals surface area contributed by atoms with E-state index in [9.17, 15) is 13.2 Å². The average molecular weight is 244 g/mol. The third-order valence-electron chi connectivity index (χ3n) is 3.22. The third-order valence-corrected chi connectivity index (χ3v) is 3.22. The van der Waals surface area contributed by atoms with Gasteiger partial charge in [-0.25, -0.2) is 0 Å². The number of nitrogens with zero attached hydrogens (tertiary/aromatic N) is 1. The number of hydrogen-bond donors (Lipinski definition) is 1. The standard InChI is InChI=1S/C12H15F3N2/c13-12(14,15)9-3-5-10(6-4-9)17-11-2-1-7-16-8-11/h1-2,7-10,17H,3-6H2. The summed E-state index contributed by atoms with van der Waals surface area (Å²) >= 11 is 0. The molecule has 0 aromatic carbocycles. The van der Waals surface area contributed by atoms with E-state index in [0.29, 0.717) is 12.8 Å². The van der Waals surface area contributed by atoms with Gasteiger partial charge in [0, 0.05) is 18.4 Å². The Balaban J connectivity index is 1.84. The fourth-order valence-electron chi connectivity index (χ4n) is 2.25. The maximum atomic E-state index is 12.5. The Bertz CT molecular complexity index is 343. The van der Waals surface area contributed by atoms with Crippen LogP contribution in [0.2, 0.25) is 0 Å². The lowest BCUT2D eigenvalue weighted by atomic mass is 9.85. The van der Waals surface area contributed by atoms with Gasteiger partial charge in [-0.15, -0.1) is 0 Å². The van der Waals surface area contributed by atoms with Crippen LogP contribution in [0.15, 0.2) is 24.5 Å². The smallest absolute Gasteiger partial charge is 0.381 e. The second-order valence-electron chi connectivity index (χ2n) is 4.48. The number of pyridine rings is 1. The zero-order chi connectivity index (χ0) is 12.3. The van der Waals surface area contributed by atoms with Crippen LogP contribution in [0.5, 0.6) is 0 Å². The summed E-state index contributed by atoms with van der Waals surface area (Å²) < 4.78 is 37.4. The Kier molecular flexibility index (Phi) is 3.54. The Labute approximate surface area is 98.2 Å². The fraction of sp³-hybridized carbons (Fsp3) is 0.583. The molecule has 1 aliphatic carbocycles. The molecular formula is C12H15F3N2. The van der Waals surface area contributed by atoms with Gasteiger partial charge in [0.15, 0.2) is 0 Å². The summed E-state index contributed by atoms with van der Waals surface area (Å²) in [6.45, 7) is 0. The molecule has 94 valence electrons. The summed E-state index contributed by atoms with van der Waals surface area (Å²) in [7, 11) is 0. The van der Waals surface area contributed by atoms with Gasteiger partial charge >= 0.3 is 6.18 Å². The Morgan fingerprint density at radius 1 is 1.18 bits per heavy atom. The van der Waals surface area contributed by atoms with Gasteiger partial charge in [0.1, 0.15) is 0 Å². The van der Waals surface area contributed by atoms with E-state index in [1.54, 1.807) is 12.4 Å². The molecule has 0 aliphatic heterocycles. The van der Waals surface area contributed by atoms with Gasteiger partial charge < -0.3 is 5.32 Å². The molecule has 1 aliphatic rings. The van der Waals surface area contributed by atoms with Crippen LogP contribution < -0.4 is 5.32 Å². The van der Waals surface area contributed by atoms with Crippen molar-refractivity contribution in [3.63, 3.8) is 0 Å². The summed E-state index contributed by atoms with van der Waals surface area (Å²) in [5.74, 6) is -1.12. The molecule has 2 nitrogen and oxygen atoms in total. The van der Waals surface area contributed by atoms with E-state index in [2.05, 4.69) is 10.3 Å². The summed E-state index contributed by atoms with van der Waals surface area (Å²) in [6, 6.07) is 3.82. The lowest BCUT2D eigenvalue weighted by Crippen LogP contribution is -2.32. The van der Waals surface area contributed by atoms with Crippen molar-refractivity contribution in [3.05, 3.63) is 24.5 Å². The molecule has 0 radical (unpaired) electrons. The number of rotatable bonds is 2. The van der Waals surface area contributed by atoms with E-state index < -0.39 is 12.1 Å². The Morgan fingerprint density at radius 2 is 1.88 bits per heavy atom. The quantitative estimate of drug-likeness (QED) is 0.859. The summed E-state index contributed by atoms with van der Waals surface area (Å²) in [6.07, 6.45) is 0.919. The minimum Gasteiger partial charge on any atom is -0.381 e. The topological polar surface area (TPSA) is 24.9 Å². The van der Waals surface area contributed by atoms with Crippen molar-refractivity contribution in [3.8, 4) is 0 Å². The van der Waals surface area contributed by atoms with Crippen molar-refractivity contribution in [2.75, 3.05) is 5.32 Å². The molecule has 1 aromatic rings. The molecule has 0 spiro atoms. The van der Waals surface area contributed by atoms with Crippen LogP contribution in [-0.4, -0.2) is 17.2 Å². The van der Waals surface area contributed by atoms with Crippen LogP contribution in [0, 0.1) is 5.92 Å². The van der Waals surface area contributed by atoms with Crippen LogP contribution in [-0.2, 0) is 0 Å². The van der Waals surface area contributed by atoms with Gasteiger partial charge in [-0.1, -0.05) is 0 Å². The summed E-state index contributed by atoms with van der Waals surface area (Å²) in [5.41, 5.74) is 0.878. The van der Waals surface area contributed by atoms with Gasteiger partial charge in [0.2, 0.25) is 0 Å². The van der Waals surface area contributed by atoms with Crippen LogP contribution >= 0.6 is 0 Å². The number of aromatic nitrogens is 1. The predicted molar refractivity (Wildman–Crippen MR) is 59.7 cm³/mol. The molecular weight excluding hydrogens is 229 g/mol. The van der Waals surface area contributed by atoms with Crippen molar-refractivity contribution >= 4 is 5.69 Å². The monoisotopic (exact) mass is 244 g/mol. The first-order valence-electron chi connectivity index (χ1n) is 5.79. The molecule has 17 heavy (non-hydrogen) atoms. The van der Waals surface area contributed by atoms with E-state index >= 15 is 0 Å². The molecule has 0 unspecified atom stereocenters. The van der Waals surface area contributed by atoms with Crippen molar-refractivity contribution < 1.29 is 13.2 Å². The highest BCUT2D eigenvalue weighted by molar-refractivity contribution is 5.40. The van der Waals surface area contributed by atoms with Crippen molar-refractivity contribution in [2.45, 2.75) is 37.9 Å². The molecule has 0 atom stereocenters. The van der Waals surface area contributed by atoms with E-state index in [0.717, 1.165) is 5.69 Å². The number of anilines is 1. The van der Waals surface area contributed by atoms with Crippen LogP contribution in [0.4, 0.5) is 18.9 Å². The first kappa shape index (κ1) is 12.2. The van der Waals surface area contributed by atoms with E-state index in [4.69, 9.17) is 0 Å². The first-order valence-corrected chi connectivity index (χ1v) is 5.79. The zero-order valence-corrected chi connectivity index (χ0v) is 9.37. The van der Waals surface area contributed by atoms with Crippen molar-refractivity contribution in [1.82, 2.24) is 4.98 Å². The number of nitrogens with one attached hydrogen (secondary N) is 1. The maximum absolute atomic E-state index is 12.5. The molecule has 1 fully saturated rings. The van der Waals surface area contributed by atoms with Gasteiger partial charge in [0.25, 0.3) is 0 Å². The van der Waals surface area contributed by atoms with Crippen LogP contribution in [0.1, 0.15) is 25.7 Å². The molecule has 5 heteroatoms.